The van der Waals surface area contributed by atoms with Crippen LogP contribution in [0.4, 0.5) is 11.5 Å². The monoisotopic (exact) mass is 223 g/mol. The predicted molar refractivity (Wildman–Crippen MR) is 67.8 cm³/mol. The molecular formula is C12H21N3O. The number of hydrogen-bond donors (Lipinski definition) is 3. The fourth-order valence-corrected chi connectivity index (χ4v) is 1.42. The summed E-state index contributed by atoms with van der Waals surface area (Å²) in [6.07, 6.45) is 3.62. The van der Waals surface area contributed by atoms with E-state index in [-0.39, 0.29) is 12.6 Å². The quantitative estimate of drug-likeness (QED) is 0.662. The van der Waals surface area contributed by atoms with E-state index in [0.717, 1.165) is 30.9 Å². The Bertz CT molecular complexity index is 304. The Balaban J connectivity index is 2.52. The lowest BCUT2D eigenvalue weighted by molar-refractivity contribution is 0.282. The average molecular weight is 223 g/mol. The van der Waals surface area contributed by atoms with E-state index in [2.05, 4.69) is 29.5 Å². The predicted octanol–water partition coefficient (Wildman–Crippen LogP) is 2.09. The van der Waals surface area contributed by atoms with Crippen LogP contribution in [-0.4, -0.2) is 29.3 Å². The molecule has 1 unspecified atom stereocenters. The molecule has 0 bridgehead atoms. The van der Waals surface area contributed by atoms with E-state index >= 15 is 0 Å². The number of pyridine rings is 1. The largest absolute Gasteiger partial charge is 0.396 e. The molecule has 1 rings (SSSR count). The number of nitrogens with zero attached hydrogens (tertiary/aromatic N) is 1. The summed E-state index contributed by atoms with van der Waals surface area (Å²) < 4.78 is 0. The van der Waals surface area contributed by atoms with Crippen LogP contribution in [0.5, 0.6) is 0 Å². The summed E-state index contributed by atoms with van der Waals surface area (Å²) in [4.78, 5) is 4.23. The van der Waals surface area contributed by atoms with Gasteiger partial charge in [0.05, 0.1) is 0 Å². The van der Waals surface area contributed by atoms with Crippen LogP contribution in [0.1, 0.15) is 26.7 Å². The van der Waals surface area contributed by atoms with Crippen LogP contribution in [0.3, 0.4) is 0 Å². The maximum absolute atomic E-state index is 8.82. The third kappa shape index (κ3) is 4.49. The van der Waals surface area contributed by atoms with E-state index in [0.29, 0.717) is 0 Å². The SMILES string of the molecule is CCCNc1cc(NC(C)CCO)ccn1. The van der Waals surface area contributed by atoms with Crippen LogP contribution in [-0.2, 0) is 0 Å². The van der Waals surface area contributed by atoms with Gasteiger partial charge in [-0.3, -0.25) is 0 Å². The van der Waals surface area contributed by atoms with Gasteiger partial charge < -0.3 is 15.7 Å². The molecular weight excluding hydrogens is 202 g/mol. The highest BCUT2D eigenvalue weighted by Gasteiger charge is 2.01. The second-order valence-electron chi connectivity index (χ2n) is 3.91. The first-order valence-corrected chi connectivity index (χ1v) is 5.83. The van der Waals surface area contributed by atoms with E-state index in [4.69, 9.17) is 5.11 Å². The minimum absolute atomic E-state index is 0.209. The summed E-state index contributed by atoms with van der Waals surface area (Å²) in [6.45, 7) is 5.32. The smallest absolute Gasteiger partial charge is 0.127 e. The van der Waals surface area contributed by atoms with Crippen LogP contribution in [0.2, 0.25) is 0 Å². The van der Waals surface area contributed by atoms with Gasteiger partial charge in [0.25, 0.3) is 0 Å². The van der Waals surface area contributed by atoms with Crippen molar-refractivity contribution in [2.24, 2.45) is 0 Å². The summed E-state index contributed by atoms with van der Waals surface area (Å²) >= 11 is 0. The van der Waals surface area contributed by atoms with Gasteiger partial charge in [0.2, 0.25) is 0 Å². The van der Waals surface area contributed by atoms with Crippen molar-refractivity contribution in [3.63, 3.8) is 0 Å². The van der Waals surface area contributed by atoms with Crippen molar-refractivity contribution in [2.75, 3.05) is 23.8 Å². The molecule has 0 aliphatic rings. The van der Waals surface area contributed by atoms with E-state index in [1.54, 1.807) is 6.20 Å². The summed E-state index contributed by atoms with van der Waals surface area (Å²) in [5.41, 5.74) is 1.04. The Kier molecular flexibility index (Phi) is 5.64. The summed E-state index contributed by atoms with van der Waals surface area (Å²) in [7, 11) is 0. The molecule has 0 saturated carbocycles. The van der Waals surface area contributed by atoms with Gasteiger partial charge in [-0.1, -0.05) is 6.92 Å². The van der Waals surface area contributed by atoms with Crippen LogP contribution in [0.15, 0.2) is 18.3 Å². The molecule has 1 aromatic heterocycles. The molecule has 1 atom stereocenters. The summed E-state index contributed by atoms with van der Waals surface area (Å²) in [6, 6.07) is 4.19. The molecule has 90 valence electrons. The zero-order valence-corrected chi connectivity index (χ0v) is 10.0. The number of nitrogens with one attached hydrogen (secondary N) is 2. The molecule has 0 fully saturated rings. The van der Waals surface area contributed by atoms with Crippen molar-refractivity contribution >= 4 is 11.5 Å². The molecule has 4 heteroatoms. The van der Waals surface area contributed by atoms with Crippen molar-refractivity contribution in [2.45, 2.75) is 32.7 Å². The van der Waals surface area contributed by atoms with Crippen molar-refractivity contribution in [1.29, 1.82) is 0 Å². The van der Waals surface area contributed by atoms with E-state index in [9.17, 15) is 0 Å². The van der Waals surface area contributed by atoms with Crippen molar-refractivity contribution in [3.8, 4) is 0 Å². The molecule has 1 aromatic rings. The second kappa shape index (κ2) is 7.06. The molecule has 0 saturated heterocycles. The Morgan fingerprint density at radius 2 is 2.31 bits per heavy atom. The molecule has 0 aromatic carbocycles. The third-order valence-corrected chi connectivity index (χ3v) is 2.29. The van der Waals surface area contributed by atoms with Crippen LogP contribution in [0, 0.1) is 0 Å². The minimum Gasteiger partial charge on any atom is -0.396 e. The first kappa shape index (κ1) is 12.8. The van der Waals surface area contributed by atoms with Crippen molar-refractivity contribution in [1.82, 2.24) is 4.98 Å². The van der Waals surface area contributed by atoms with E-state index in [1.807, 2.05) is 12.1 Å². The lowest BCUT2D eigenvalue weighted by atomic mass is 10.2. The number of rotatable bonds is 7. The Morgan fingerprint density at radius 3 is 3.00 bits per heavy atom. The molecule has 0 aliphatic heterocycles. The molecule has 4 nitrogen and oxygen atoms in total. The molecule has 1 heterocycles. The normalized spacial score (nSPS) is 12.2. The van der Waals surface area contributed by atoms with Crippen molar-refractivity contribution < 1.29 is 5.11 Å². The molecule has 0 amide bonds. The van der Waals surface area contributed by atoms with Gasteiger partial charge in [-0.15, -0.1) is 0 Å². The minimum atomic E-state index is 0.209. The zero-order chi connectivity index (χ0) is 11.8. The fourth-order valence-electron chi connectivity index (χ4n) is 1.42. The van der Waals surface area contributed by atoms with Crippen LogP contribution >= 0.6 is 0 Å². The van der Waals surface area contributed by atoms with Crippen LogP contribution < -0.4 is 10.6 Å². The van der Waals surface area contributed by atoms with Gasteiger partial charge in [0, 0.05) is 37.1 Å². The molecule has 0 spiro atoms. The van der Waals surface area contributed by atoms with Gasteiger partial charge in [0.1, 0.15) is 5.82 Å². The highest BCUT2D eigenvalue weighted by atomic mass is 16.3. The standard InChI is InChI=1S/C12H21N3O/c1-3-6-13-12-9-11(4-7-14-12)15-10(2)5-8-16/h4,7,9-10,16H,3,5-6,8H2,1-2H3,(H2,13,14,15). The number of anilines is 2. The molecule has 3 N–H and O–H groups in total. The maximum Gasteiger partial charge on any atom is 0.127 e. The Morgan fingerprint density at radius 1 is 1.50 bits per heavy atom. The van der Waals surface area contributed by atoms with Crippen molar-refractivity contribution in [3.05, 3.63) is 18.3 Å². The van der Waals surface area contributed by atoms with Crippen LogP contribution in [0.25, 0.3) is 0 Å². The Hall–Kier alpha value is -1.29. The summed E-state index contributed by atoms with van der Waals surface area (Å²) in [5, 5.41) is 15.4. The average Bonchev–Trinajstić information content (AvgIpc) is 2.27. The van der Waals surface area contributed by atoms with E-state index in [1.165, 1.54) is 0 Å². The van der Waals surface area contributed by atoms with Gasteiger partial charge in [-0.05, 0) is 25.8 Å². The molecule has 0 radical (unpaired) electrons. The number of hydrogen-bond acceptors (Lipinski definition) is 4. The fraction of sp³-hybridized carbons (Fsp3) is 0.583. The van der Waals surface area contributed by atoms with E-state index < -0.39 is 0 Å². The van der Waals surface area contributed by atoms with Gasteiger partial charge in [-0.2, -0.15) is 0 Å². The molecule has 16 heavy (non-hydrogen) atoms. The molecule has 0 aliphatic carbocycles. The number of aliphatic hydroxyl groups excluding tert-OH is 1. The topological polar surface area (TPSA) is 57.2 Å². The second-order valence-corrected chi connectivity index (χ2v) is 3.91. The first-order chi connectivity index (χ1) is 7.76. The maximum atomic E-state index is 8.82. The number of aromatic nitrogens is 1. The zero-order valence-electron chi connectivity index (χ0n) is 10.0. The highest BCUT2D eigenvalue weighted by molar-refractivity contribution is 5.52. The lowest BCUT2D eigenvalue weighted by Crippen LogP contribution is -2.16. The highest BCUT2D eigenvalue weighted by Crippen LogP contribution is 2.13. The van der Waals surface area contributed by atoms with Gasteiger partial charge in [-0.25, -0.2) is 4.98 Å². The lowest BCUT2D eigenvalue weighted by Gasteiger charge is -2.14. The van der Waals surface area contributed by atoms with Gasteiger partial charge in [0.15, 0.2) is 0 Å². The van der Waals surface area contributed by atoms with Gasteiger partial charge >= 0.3 is 0 Å². The Labute approximate surface area is 97.1 Å². The summed E-state index contributed by atoms with van der Waals surface area (Å²) in [5.74, 6) is 0.892. The number of aliphatic hydroxyl groups is 1. The third-order valence-electron chi connectivity index (χ3n) is 2.29. The first-order valence-electron chi connectivity index (χ1n) is 5.83.